The highest BCUT2D eigenvalue weighted by molar-refractivity contribution is 5.20. The van der Waals surface area contributed by atoms with E-state index in [1.54, 1.807) is 0 Å². The molecule has 0 fully saturated rings. The van der Waals surface area contributed by atoms with Gasteiger partial charge in [0.15, 0.2) is 0 Å². The zero-order chi connectivity index (χ0) is 11.1. The van der Waals surface area contributed by atoms with Crippen LogP contribution in [0.15, 0.2) is 30.3 Å². The molecule has 84 valence electrons. The van der Waals surface area contributed by atoms with Crippen molar-refractivity contribution in [3.8, 4) is 0 Å². The first kappa shape index (κ1) is 12.2. The maximum atomic E-state index is 5.79. The van der Waals surface area contributed by atoms with Crippen molar-refractivity contribution in [2.45, 2.75) is 32.2 Å². The number of nitrogens with two attached hydrogens (primary N) is 1. The molecular weight excluding hydrogens is 184 g/mol. The Hall–Kier alpha value is -0.860. The molecule has 0 aromatic heterocycles. The average molecular weight is 206 g/mol. The number of rotatable bonds is 6. The molecule has 1 aromatic carbocycles. The van der Waals surface area contributed by atoms with Gasteiger partial charge in [-0.25, -0.2) is 0 Å². The molecule has 0 saturated heterocycles. The van der Waals surface area contributed by atoms with Crippen molar-refractivity contribution < 1.29 is 0 Å². The smallest absolute Gasteiger partial charge is 0.00864 e. The van der Waals surface area contributed by atoms with Crippen molar-refractivity contribution in [1.29, 1.82) is 0 Å². The van der Waals surface area contributed by atoms with E-state index in [1.165, 1.54) is 5.56 Å². The van der Waals surface area contributed by atoms with Crippen molar-refractivity contribution in [3.63, 3.8) is 0 Å². The van der Waals surface area contributed by atoms with Gasteiger partial charge in [0.25, 0.3) is 0 Å². The predicted octanol–water partition coefficient (Wildman–Crippen LogP) is 2.12. The van der Waals surface area contributed by atoms with E-state index in [1.807, 2.05) is 6.07 Å². The van der Waals surface area contributed by atoms with Gasteiger partial charge in [0.05, 0.1) is 0 Å². The molecule has 2 atom stereocenters. The Balaban J connectivity index is 2.50. The van der Waals surface area contributed by atoms with Gasteiger partial charge in [-0.1, -0.05) is 37.3 Å². The Morgan fingerprint density at radius 2 is 1.93 bits per heavy atom. The molecule has 0 amide bonds. The Morgan fingerprint density at radius 3 is 2.47 bits per heavy atom. The summed E-state index contributed by atoms with van der Waals surface area (Å²) in [5.74, 6) is 0.431. The van der Waals surface area contributed by atoms with Crippen LogP contribution in [0.4, 0.5) is 0 Å². The van der Waals surface area contributed by atoms with Crippen LogP contribution in [0.2, 0.25) is 0 Å². The molecule has 15 heavy (non-hydrogen) atoms. The summed E-state index contributed by atoms with van der Waals surface area (Å²) < 4.78 is 0. The van der Waals surface area contributed by atoms with Gasteiger partial charge in [0, 0.05) is 25.0 Å². The topological polar surface area (TPSA) is 38.0 Å². The van der Waals surface area contributed by atoms with Crippen LogP contribution >= 0.6 is 0 Å². The van der Waals surface area contributed by atoms with Crippen molar-refractivity contribution in [3.05, 3.63) is 35.9 Å². The van der Waals surface area contributed by atoms with Gasteiger partial charge in [-0.3, -0.25) is 0 Å². The number of hydrogen-bond acceptors (Lipinski definition) is 2. The molecule has 2 heteroatoms. The summed E-state index contributed by atoms with van der Waals surface area (Å²) in [7, 11) is 0. The normalized spacial score (nSPS) is 14.9. The molecule has 0 saturated carbocycles. The van der Waals surface area contributed by atoms with E-state index in [9.17, 15) is 0 Å². The Kier molecular flexibility index (Phi) is 5.37. The summed E-state index contributed by atoms with van der Waals surface area (Å²) in [4.78, 5) is 0. The van der Waals surface area contributed by atoms with Gasteiger partial charge in [-0.05, 0) is 18.9 Å². The lowest BCUT2D eigenvalue weighted by atomic mass is 9.99. The van der Waals surface area contributed by atoms with E-state index in [4.69, 9.17) is 5.73 Å². The SMILES string of the molecule is CCC(C)NCC(CN)c1ccccc1. The molecule has 0 radical (unpaired) electrons. The van der Waals surface area contributed by atoms with Crippen molar-refractivity contribution in [2.24, 2.45) is 5.73 Å². The molecule has 0 bridgehead atoms. The lowest BCUT2D eigenvalue weighted by Gasteiger charge is -2.19. The van der Waals surface area contributed by atoms with Gasteiger partial charge in [0.2, 0.25) is 0 Å². The van der Waals surface area contributed by atoms with Crippen LogP contribution in [0.5, 0.6) is 0 Å². The second kappa shape index (κ2) is 6.59. The lowest BCUT2D eigenvalue weighted by molar-refractivity contribution is 0.497. The maximum absolute atomic E-state index is 5.79. The first-order chi connectivity index (χ1) is 7.27. The second-order valence-corrected chi connectivity index (χ2v) is 4.06. The third-order valence-electron chi connectivity index (χ3n) is 2.88. The van der Waals surface area contributed by atoms with E-state index in [-0.39, 0.29) is 0 Å². The van der Waals surface area contributed by atoms with Crippen LogP contribution in [0.3, 0.4) is 0 Å². The fourth-order valence-electron chi connectivity index (χ4n) is 1.55. The zero-order valence-electron chi connectivity index (χ0n) is 9.74. The summed E-state index contributed by atoms with van der Waals surface area (Å²) in [5.41, 5.74) is 7.12. The van der Waals surface area contributed by atoms with E-state index >= 15 is 0 Å². The minimum atomic E-state index is 0.431. The Morgan fingerprint density at radius 1 is 1.27 bits per heavy atom. The molecule has 1 aromatic rings. The van der Waals surface area contributed by atoms with Gasteiger partial charge < -0.3 is 11.1 Å². The molecule has 1 rings (SSSR count). The van der Waals surface area contributed by atoms with Crippen molar-refractivity contribution >= 4 is 0 Å². The number of benzene rings is 1. The highest BCUT2D eigenvalue weighted by atomic mass is 14.9. The third kappa shape index (κ3) is 4.02. The van der Waals surface area contributed by atoms with E-state index in [2.05, 4.69) is 43.4 Å². The van der Waals surface area contributed by atoms with E-state index < -0.39 is 0 Å². The maximum Gasteiger partial charge on any atom is 0.00864 e. The predicted molar refractivity (Wildman–Crippen MR) is 66.0 cm³/mol. The molecule has 0 spiro atoms. The summed E-state index contributed by atoms with van der Waals surface area (Å²) in [6.07, 6.45) is 1.16. The van der Waals surface area contributed by atoms with Crippen LogP contribution in [-0.2, 0) is 0 Å². The molecule has 3 N–H and O–H groups in total. The first-order valence-corrected chi connectivity index (χ1v) is 5.76. The fraction of sp³-hybridized carbons (Fsp3) is 0.538. The lowest BCUT2D eigenvalue weighted by Crippen LogP contribution is -2.32. The summed E-state index contributed by atoms with van der Waals surface area (Å²) >= 11 is 0. The standard InChI is InChI=1S/C13H22N2/c1-3-11(2)15-10-13(9-14)12-7-5-4-6-8-12/h4-8,11,13,15H,3,9-10,14H2,1-2H3. The van der Waals surface area contributed by atoms with Gasteiger partial charge >= 0.3 is 0 Å². The molecule has 0 aliphatic heterocycles. The van der Waals surface area contributed by atoms with Crippen molar-refractivity contribution in [2.75, 3.05) is 13.1 Å². The molecule has 0 aliphatic rings. The average Bonchev–Trinajstić information content (AvgIpc) is 2.31. The summed E-state index contributed by atoms with van der Waals surface area (Å²) in [6.45, 7) is 6.07. The summed E-state index contributed by atoms with van der Waals surface area (Å²) in [5, 5.41) is 3.50. The minimum Gasteiger partial charge on any atom is -0.330 e. The molecule has 2 nitrogen and oxygen atoms in total. The Labute approximate surface area is 92.9 Å². The van der Waals surface area contributed by atoms with Gasteiger partial charge in [-0.15, -0.1) is 0 Å². The minimum absolute atomic E-state index is 0.431. The number of hydrogen-bond donors (Lipinski definition) is 2. The molecule has 0 heterocycles. The van der Waals surface area contributed by atoms with Crippen LogP contribution in [0.25, 0.3) is 0 Å². The van der Waals surface area contributed by atoms with Crippen LogP contribution in [-0.4, -0.2) is 19.1 Å². The quantitative estimate of drug-likeness (QED) is 0.748. The van der Waals surface area contributed by atoms with Crippen LogP contribution in [0, 0.1) is 0 Å². The molecule has 0 aliphatic carbocycles. The largest absolute Gasteiger partial charge is 0.330 e. The third-order valence-corrected chi connectivity index (χ3v) is 2.88. The van der Waals surface area contributed by atoms with E-state index in [0.717, 1.165) is 13.0 Å². The molecule has 2 unspecified atom stereocenters. The zero-order valence-corrected chi connectivity index (χ0v) is 9.74. The van der Waals surface area contributed by atoms with Gasteiger partial charge in [0.1, 0.15) is 0 Å². The van der Waals surface area contributed by atoms with E-state index in [0.29, 0.717) is 18.5 Å². The van der Waals surface area contributed by atoms with Crippen LogP contribution < -0.4 is 11.1 Å². The van der Waals surface area contributed by atoms with Gasteiger partial charge in [-0.2, -0.15) is 0 Å². The molecular formula is C13H22N2. The monoisotopic (exact) mass is 206 g/mol. The fourth-order valence-corrected chi connectivity index (χ4v) is 1.55. The highest BCUT2D eigenvalue weighted by Gasteiger charge is 2.09. The second-order valence-electron chi connectivity index (χ2n) is 4.06. The first-order valence-electron chi connectivity index (χ1n) is 5.76. The Bertz CT molecular complexity index is 258. The van der Waals surface area contributed by atoms with Crippen LogP contribution in [0.1, 0.15) is 31.7 Å². The van der Waals surface area contributed by atoms with Crippen molar-refractivity contribution in [1.82, 2.24) is 5.32 Å². The highest BCUT2D eigenvalue weighted by Crippen LogP contribution is 2.13. The number of nitrogens with one attached hydrogen (secondary N) is 1. The summed E-state index contributed by atoms with van der Waals surface area (Å²) in [6, 6.07) is 11.1.